The Labute approximate surface area is 137 Å². The number of amides is 2. The molecule has 0 bridgehead atoms. The van der Waals surface area contributed by atoms with Crippen LogP contribution in [-0.2, 0) is 14.3 Å². The van der Waals surface area contributed by atoms with E-state index in [9.17, 15) is 9.59 Å². The lowest BCUT2D eigenvalue weighted by molar-refractivity contribution is -0.137. The number of hydrogen-bond acceptors (Lipinski definition) is 3. The van der Waals surface area contributed by atoms with Crippen molar-refractivity contribution < 1.29 is 14.3 Å². The van der Waals surface area contributed by atoms with Crippen molar-refractivity contribution >= 4 is 17.5 Å². The van der Waals surface area contributed by atoms with E-state index in [1.54, 1.807) is 0 Å². The number of anilines is 1. The van der Waals surface area contributed by atoms with Gasteiger partial charge in [0, 0.05) is 18.8 Å². The van der Waals surface area contributed by atoms with Crippen LogP contribution in [0.15, 0.2) is 12.1 Å². The molecule has 2 atom stereocenters. The summed E-state index contributed by atoms with van der Waals surface area (Å²) in [5, 5.41) is 3.02. The fourth-order valence-electron chi connectivity index (χ4n) is 3.37. The third-order valence-electron chi connectivity index (χ3n) is 4.69. The molecule has 1 heterocycles. The maximum Gasteiger partial charge on any atom is 0.228 e. The van der Waals surface area contributed by atoms with Crippen LogP contribution in [-0.4, -0.2) is 43.0 Å². The topological polar surface area (TPSA) is 58.6 Å². The van der Waals surface area contributed by atoms with Crippen LogP contribution in [0.25, 0.3) is 0 Å². The largest absolute Gasteiger partial charge is 0.378 e. The monoisotopic (exact) mass is 316 g/mol. The summed E-state index contributed by atoms with van der Waals surface area (Å²) in [4.78, 5) is 26.7. The van der Waals surface area contributed by atoms with Crippen LogP contribution in [0.4, 0.5) is 5.69 Å². The lowest BCUT2D eigenvalue weighted by Crippen LogP contribution is -2.42. The van der Waals surface area contributed by atoms with E-state index in [1.165, 1.54) is 5.56 Å². The Bertz CT molecular complexity index is 612. The summed E-state index contributed by atoms with van der Waals surface area (Å²) in [5.74, 6) is -0.276. The van der Waals surface area contributed by atoms with Gasteiger partial charge in [0.25, 0.3) is 0 Å². The van der Waals surface area contributed by atoms with Gasteiger partial charge >= 0.3 is 0 Å². The lowest BCUT2D eigenvalue weighted by Gasteiger charge is -2.27. The number of aryl methyl sites for hydroxylation is 3. The summed E-state index contributed by atoms with van der Waals surface area (Å²) in [6, 6.07) is 4.12. The molecule has 1 aliphatic carbocycles. The van der Waals surface area contributed by atoms with E-state index in [2.05, 4.69) is 17.4 Å². The Morgan fingerprint density at radius 2 is 1.70 bits per heavy atom. The summed E-state index contributed by atoms with van der Waals surface area (Å²) in [6.07, 6.45) is 0.659. The second-order valence-corrected chi connectivity index (χ2v) is 6.65. The van der Waals surface area contributed by atoms with Gasteiger partial charge in [-0.2, -0.15) is 0 Å². The Balaban J connectivity index is 1.61. The Hall–Kier alpha value is -1.88. The van der Waals surface area contributed by atoms with Crippen molar-refractivity contribution in [2.24, 2.45) is 11.8 Å². The van der Waals surface area contributed by atoms with Crippen molar-refractivity contribution in [1.82, 2.24) is 4.90 Å². The zero-order valence-corrected chi connectivity index (χ0v) is 14.0. The number of carbonyl (C=O) groups excluding carboxylic acids is 2. The smallest absolute Gasteiger partial charge is 0.228 e. The van der Waals surface area contributed by atoms with Gasteiger partial charge in [0.15, 0.2) is 0 Å². The minimum absolute atomic E-state index is 0.0355. The quantitative estimate of drug-likeness (QED) is 0.928. The molecule has 1 saturated carbocycles. The van der Waals surface area contributed by atoms with Crippen LogP contribution in [0.2, 0.25) is 0 Å². The average molecular weight is 316 g/mol. The number of ether oxygens (including phenoxy) is 1. The van der Waals surface area contributed by atoms with Gasteiger partial charge in [0.1, 0.15) is 0 Å². The summed E-state index contributed by atoms with van der Waals surface area (Å²) in [6.45, 7) is 8.51. The van der Waals surface area contributed by atoms with Gasteiger partial charge in [-0.25, -0.2) is 0 Å². The lowest BCUT2D eigenvalue weighted by atomic mass is 10.0. The van der Waals surface area contributed by atoms with Crippen LogP contribution >= 0.6 is 0 Å². The third kappa shape index (κ3) is 3.39. The van der Waals surface area contributed by atoms with Gasteiger partial charge in [0.2, 0.25) is 11.8 Å². The minimum Gasteiger partial charge on any atom is -0.378 e. The van der Waals surface area contributed by atoms with Crippen molar-refractivity contribution in [2.75, 3.05) is 31.6 Å². The van der Waals surface area contributed by atoms with E-state index in [-0.39, 0.29) is 23.7 Å². The molecule has 0 radical (unpaired) electrons. The van der Waals surface area contributed by atoms with Crippen molar-refractivity contribution in [3.8, 4) is 0 Å². The SMILES string of the molecule is Cc1cc(C)c(NC(=O)C2CC2C(=O)N2CCOCC2)c(C)c1. The molecule has 1 aromatic rings. The molecule has 2 fully saturated rings. The van der Waals surface area contributed by atoms with Crippen molar-refractivity contribution in [3.05, 3.63) is 28.8 Å². The van der Waals surface area contributed by atoms with E-state index >= 15 is 0 Å². The Kier molecular flexibility index (Phi) is 4.39. The van der Waals surface area contributed by atoms with Crippen LogP contribution < -0.4 is 5.32 Å². The normalized spacial score (nSPS) is 23.5. The first-order chi connectivity index (χ1) is 11.0. The highest BCUT2D eigenvalue weighted by molar-refractivity contribution is 6.00. The molecule has 124 valence electrons. The molecule has 23 heavy (non-hydrogen) atoms. The molecule has 0 spiro atoms. The zero-order chi connectivity index (χ0) is 16.6. The predicted octanol–water partition coefficient (Wildman–Crippen LogP) is 2.05. The second-order valence-electron chi connectivity index (χ2n) is 6.65. The fraction of sp³-hybridized carbons (Fsp3) is 0.556. The predicted molar refractivity (Wildman–Crippen MR) is 88.3 cm³/mol. The summed E-state index contributed by atoms with van der Waals surface area (Å²) in [7, 11) is 0. The molecule has 2 amide bonds. The van der Waals surface area contributed by atoms with Gasteiger partial charge in [-0.15, -0.1) is 0 Å². The molecule has 2 aliphatic rings. The second kappa shape index (κ2) is 6.32. The van der Waals surface area contributed by atoms with E-state index < -0.39 is 0 Å². The molecule has 5 nitrogen and oxygen atoms in total. The summed E-state index contributed by atoms with van der Waals surface area (Å²) >= 11 is 0. The van der Waals surface area contributed by atoms with Crippen molar-refractivity contribution in [1.29, 1.82) is 0 Å². The van der Waals surface area contributed by atoms with Crippen LogP contribution in [0.1, 0.15) is 23.1 Å². The van der Waals surface area contributed by atoms with Crippen LogP contribution in [0, 0.1) is 32.6 Å². The maximum absolute atomic E-state index is 12.5. The standard InChI is InChI=1S/C18H24N2O3/c1-11-8-12(2)16(13(3)9-11)19-17(21)14-10-15(14)18(22)20-4-6-23-7-5-20/h8-9,14-15H,4-7,10H2,1-3H3,(H,19,21). The highest BCUT2D eigenvalue weighted by Crippen LogP contribution is 2.41. The average Bonchev–Trinajstić information content (AvgIpc) is 3.31. The number of carbonyl (C=O) groups is 2. The number of nitrogens with zero attached hydrogens (tertiary/aromatic N) is 1. The molecule has 1 aromatic carbocycles. The first-order valence-electron chi connectivity index (χ1n) is 8.22. The fourth-order valence-corrected chi connectivity index (χ4v) is 3.37. The molecule has 3 rings (SSSR count). The van der Waals surface area contributed by atoms with Gasteiger partial charge in [-0.3, -0.25) is 9.59 Å². The van der Waals surface area contributed by atoms with Crippen LogP contribution in [0.3, 0.4) is 0 Å². The van der Waals surface area contributed by atoms with E-state index in [4.69, 9.17) is 4.74 Å². The number of nitrogens with one attached hydrogen (secondary N) is 1. The molecule has 1 saturated heterocycles. The first-order valence-corrected chi connectivity index (χ1v) is 8.22. The molecule has 1 aliphatic heterocycles. The van der Waals surface area contributed by atoms with Gasteiger partial charge in [-0.1, -0.05) is 17.7 Å². The third-order valence-corrected chi connectivity index (χ3v) is 4.69. The van der Waals surface area contributed by atoms with E-state index in [0.29, 0.717) is 32.7 Å². The molecular weight excluding hydrogens is 292 g/mol. The Morgan fingerprint density at radius 1 is 1.09 bits per heavy atom. The molecule has 2 unspecified atom stereocenters. The molecule has 5 heteroatoms. The van der Waals surface area contributed by atoms with Gasteiger partial charge in [-0.05, 0) is 38.3 Å². The summed E-state index contributed by atoms with van der Waals surface area (Å²) in [5.41, 5.74) is 4.19. The van der Waals surface area contributed by atoms with Gasteiger partial charge in [0.05, 0.1) is 25.0 Å². The Morgan fingerprint density at radius 3 is 2.30 bits per heavy atom. The minimum atomic E-state index is -0.189. The van der Waals surface area contributed by atoms with Crippen molar-refractivity contribution in [2.45, 2.75) is 27.2 Å². The van der Waals surface area contributed by atoms with Crippen molar-refractivity contribution in [3.63, 3.8) is 0 Å². The highest BCUT2D eigenvalue weighted by atomic mass is 16.5. The summed E-state index contributed by atoms with van der Waals surface area (Å²) < 4.78 is 5.27. The molecule has 0 aromatic heterocycles. The number of benzene rings is 1. The first kappa shape index (κ1) is 16.0. The molecule has 1 N–H and O–H groups in total. The highest BCUT2D eigenvalue weighted by Gasteiger charge is 2.49. The van der Waals surface area contributed by atoms with E-state index in [1.807, 2.05) is 25.7 Å². The number of rotatable bonds is 3. The molecular formula is C18H24N2O3. The maximum atomic E-state index is 12.5. The number of morpholine rings is 1. The van der Waals surface area contributed by atoms with E-state index in [0.717, 1.165) is 16.8 Å². The van der Waals surface area contributed by atoms with Crippen LogP contribution in [0.5, 0.6) is 0 Å². The van der Waals surface area contributed by atoms with Gasteiger partial charge < -0.3 is 15.0 Å². The zero-order valence-electron chi connectivity index (χ0n) is 14.0. The number of hydrogen-bond donors (Lipinski definition) is 1.